The van der Waals surface area contributed by atoms with Gasteiger partial charge in [-0.05, 0) is 75.8 Å². The van der Waals surface area contributed by atoms with Crippen molar-refractivity contribution >= 4 is 17.4 Å². The van der Waals surface area contributed by atoms with Crippen LogP contribution in [0.2, 0.25) is 0 Å². The molecule has 0 radical (unpaired) electrons. The van der Waals surface area contributed by atoms with Gasteiger partial charge in [0, 0.05) is 31.3 Å². The van der Waals surface area contributed by atoms with Gasteiger partial charge in [-0.3, -0.25) is 4.90 Å². The number of carbonyl (C=O) groups is 1. The molecule has 1 aromatic carbocycles. The Kier molecular flexibility index (Phi) is 19.1. The van der Waals surface area contributed by atoms with Crippen LogP contribution in [0.4, 0.5) is 18.0 Å². The van der Waals surface area contributed by atoms with Crippen molar-refractivity contribution in [1.82, 2.24) is 10.2 Å². The summed E-state index contributed by atoms with van der Waals surface area (Å²) in [4.78, 5) is 13.1. The van der Waals surface area contributed by atoms with Crippen LogP contribution in [0.1, 0.15) is 70.1 Å². The van der Waals surface area contributed by atoms with E-state index in [2.05, 4.69) is 32.3 Å². The van der Waals surface area contributed by atoms with E-state index in [1.165, 1.54) is 0 Å². The Morgan fingerprint density at radius 2 is 1.88 bits per heavy atom. The van der Waals surface area contributed by atoms with Crippen LogP contribution in [0.5, 0.6) is 0 Å². The molecule has 1 aliphatic rings. The molecule has 1 aliphatic heterocycles. The lowest BCUT2D eigenvalue weighted by molar-refractivity contribution is -0.0612. The van der Waals surface area contributed by atoms with Crippen molar-refractivity contribution in [3.63, 3.8) is 0 Å². The molecule has 1 atom stereocenters. The molecule has 2 rings (SSSR count). The van der Waals surface area contributed by atoms with Gasteiger partial charge in [-0.2, -0.15) is 13.2 Å². The van der Waals surface area contributed by atoms with Gasteiger partial charge in [0.2, 0.25) is 0 Å². The van der Waals surface area contributed by atoms with Crippen LogP contribution in [0, 0.1) is 18.3 Å². The number of nitrogens with one attached hydrogen (secondary N) is 2. The SMILES string of the molecule is C=C(/C=C\C=C/C)N1CC(CC)COC1=O.C=C(CCC(=N)C(F)(F)F)c1cc(C)ccc1CNCCC.CCO. The Morgan fingerprint density at radius 3 is 2.44 bits per heavy atom. The predicted molar refractivity (Wildman–Crippen MR) is 163 cm³/mol. The van der Waals surface area contributed by atoms with Gasteiger partial charge in [-0.25, -0.2) is 4.79 Å². The molecule has 0 aliphatic carbocycles. The fourth-order valence-electron chi connectivity index (χ4n) is 3.63. The maximum absolute atomic E-state index is 12.4. The number of carbonyl (C=O) groups excluding carboxylic acids is 1. The maximum atomic E-state index is 12.4. The summed E-state index contributed by atoms with van der Waals surface area (Å²) in [6, 6.07) is 5.91. The smallest absolute Gasteiger partial charge is 0.428 e. The number of halogens is 3. The Bertz CT molecular complexity index is 1030. The van der Waals surface area contributed by atoms with E-state index in [9.17, 15) is 18.0 Å². The highest BCUT2D eigenvalue weighted by Crippen LogP contribution is 2.26. The van der Waals surface area contributed by atoms with E-state index >= 15 is 0 Å². The lowest BCUT2D eigenvalue weighted by Crippen LogP contribution is -2.41. The quantitative estimate of drug-likeness (QED) is 0.133. The summed E-state index contributed by atoms with van der Waals surface area (Å²) in [5.74, 6) is 0.407. The van der Waals surface area contributed by atoms with Crippen LogP contribution in [-0.2, 0) is 11.3 Å². The minimum Gasteiger partial charge on any atom is -0.449 e. The van der Waals surface area contributed by atoms with Crippen molar-refractivity contribution in [2.45, 2.75) is 73.0 Å². The third kappa shape index (κ3) is 15.4. The van der Waals surface area contributed by atoms with Gasteiger partial charge in [0.1, 0.15) is 5.71 Å². The highest BCUT2D eigenvalue weighted by Gasteiger charge is 2.33. The Hall–Kier alpha value is -3.17. The van der Waals surface area contributed by atoms with Crippen LogP contribution >= 0.6 is 0 Å². The molecule has 1 fully saturated rings. The normalized spacial score (nSPS) is 15.1. The van der Waals surface area contributed by atoms with Crippen molar-refractivity contribution in [3.8, 4) is 0 Å². The molecule has 9 heteroatoms. The fraction of sp³-hybridized carbons (Fsp3) is 0.500. The average Bonchev–Trinajstić information content (AvgIpc) is 2.93. The first-order valence-electron chi connectivity index (χ1n) is 14.0. The van der Waals surface area contributed by atoms with Crippen LogP contribution in [-0.4, -0.2) is 54.3 Å². The molecule has 1 unspecified atom stereocenters. The highest BCUT2D eigenvalue weighted by molar-refractivity contribution is 5.88. The summed E-state index contributed by atoms with van der Waals surface area (Å²) in [6.07, 6.45) is 4.51. The van der Waals surface area contributed by atoms with E-state index < -0.39 is 11.9 Å². The summed E-state index contributed by atoms with van der Waals surface area (Å²) >= 11 is 0. The van der Waals surface area contributed by atoms with Crippen molar-refractivity contribution in [1.29, 1.82) is 5.41 Å². The topological polar surface area (TPSA) is 85.7 Å². The zero-order chi connectivity index (χ0) is 31.4. The van der Waals surface area contributed by atoms with Crippen LogP contribution < -0.4 is 5.32 Å². The van der Waals surface area contributed by atoms with E-state index in [4.69, 9.17) is 15.3 Å². The minimum atomic E-state index is -4.54. The lowest BCUT2D eigenvalue weighted by Gasteiger charge is -2.31. The second-order valence-corrected chi connectivity index (χ2v) is 9.57. The van der Waals surface area contributed by atoms with Gasteiger partial charge in [0.05, 0.1) is 6.61 Å². The fourth-order valence-corrected chi connectivity index (χ4v) is 3.63. The molecule has 41 heavy (non-hydrogen) atoms. The second-order valence-electron chi connectivity index (χ2n) is 9.57. The monoisotopic (exact) mass is 579 g/mol. The molecule has 1 aromatic rings. The van der Waals surface area contributed by atoms with E-state index in [1.807, 2.05) is 56.4 Å². The summed E-state index contributed by atoms with van der Waals surface area (Å²) in [7, 11) is 0. The number of alkyl halides is 3. The van der Waals surface area contributed by atoms with Gasteiger partial charge in [0.15, 0.2) is 0 Å². The summed E-state index contributed by atoms with van der Waals surface area (Å²) in [5, 5.41) is 17.9. The number of aliphatic hydroxyl groups excluding tert-OH is 1. The number of allylic oxidation sites excluding steroid dienone is 5. The maximum Gasteiger partial charge on any atom is 0.428 e. The molecular formula is C32H48F3N3O3. The van der Waals surface area contributed by atoms with E-state index in [-0.39, 0.29) is 25.5 Å². The molecule has 0 saturated carbocycles. The van der Waals surface area contributed by atoms with Gasteiger partial charge < -0.3 is 20.6 Å². The molecule has 3 N–H and O–H groups in total. The number of benzene rings is 1. The Morgan fingerprint density at radius 1 is 1.22 bits per heavy atom. The highest BCUT2D eigenvalue weighted by atomic mass is 19.4. The second kappa shape index (κ2) is 20.7. The largest absolute Gasteiger partial charge is 0.449 e. The third-order valence-corrected chi connectivity index (χ3v) is 6.03. The number of hydrogen-bond donors (Lipinski definition) is 3. The molecule has 230 valence electrons. The van der Waals surface area contributed by atoms with Crippen molar-refractivity contribution in [3.05, 3.63) is 78.0 Å². The van der Waals surface area contributed by atoms with E-state index in [0.29, 0.717) is 36.9 Å². The number of cyclic esters (lactones) is 1. The van der Waals surface area contributed by atoms with E-state index in [0.717, 1.165) is 36.1 Å². The van der Waals surface area contributed by atoms with Crippen molar-refractivity contribution in [2.75, 3.05) is 26.3 Å². The molecule has 0 spiro atoms. The molecule has 0 bridgehead atoms. The zero-order valence-electron chi connectivity index (χ0n) is 25.2. The first-order chi connectivity index (χ1) is 19.4. The zero-order valence-corrected chi connectivity index (χ0v) is 25.2. The van der Waals surface area contributed by atoms with Gasteiger partial charge >= 0.3 is 12.3 Å². The summed E-state index contributed by atoms with van der Waals surface area (Å²) in [6.45, 7) is 20.6. The van der Waals surface area contributed by atoms with Crippen molar-refractivity contribution in [2.24, 2.45) is 5.92 Å². The predicted octanol–water partition coefficient (Wildman–Crippen LogP) is 7.98. The number of aryl methyl sites for hydroxylation is 1. The van der Waals surface area contributed by atoms with Gasteiger partial charge in [-0.1, -0.05) is 69.0 Å². The molecule has 1 heterocycles. The van der Waals surface area contributed by atoms with Gasteiger partial charge in [-0.15, -0.1) is 0 Å². The standard InChI is InChI=1S/C17H23F3N2.C13H19NO2.C2H6O/c1-4-9-22-11-14-7-5-12(2)10-15(14)13(3)6-8-16(21)17(18,19)20;1-4-6-7-8-11(3)14-9-12(5-2)10-16-13(14)15;1-2-3/h5,7,10,21-22H,3-4,6,8-9,11H2,1-2H3;4,6-8,12H,3,5,9-10H2,1-2H3;3H,2H2,1H3/b;6-4-,8-7-;. The summed E-state index contributed by atoms with van der Waals surface area (Å²) in [5.41, 5.74) is 3.08. The number of nitrogens with zero attached hydrogens (tertiary/aromatic N) is 1. The van der Waals surface area contributed by atoms with Gasteiger partial charge in [0.25, 0.3) is 0 Å². The molecule has 1 saturated heterocycles. The summed E-state index contributed by atoms with van der Waals surface area (Å²) < 4.78 is 42.3. The number of hydrogen-bond acceptors (Lipinski definition) is 5. The first-order valence-corrected chi connectivity index (χ1v) is 14.0. The van der Waals surface area contributed by atoms with Crippen LogP contribution in [0.25, 0.3) is 5.57 Å². The van der Waals surface area contributed by atoms with E-state index in [1.54, 1.807) is 11.8 Å². The van der Waals surface area contributed by atoms with Crippen molar-refractivity contribution < 1.29 is 27.8 Å². The molecule has 0 aromatic heterocycles. The number of amides is 1. The first kappa shape index (κ1) is 37.8. The van der Waals surface area contributed by atoms with Crippen LogP contribution in [0.3, 0.4) is 0 Å². The Balaban J connectivity index is 0.000000740. The molecular weight excluding hydrogens is 531 g/mol. The molecule has 1 amide bonds. The number of ether oxygens (including phenoxy) is 1. The minimum absolute atomic E-state index is 0.141. The van der Waals surface area contributed by atoms with Crippen LogP contribution in [0.15, 0.2) is 61.4 Å². The Labute approximate surface area is 244 Å². The molecule has 6 nitrogen and oxygen atoms in total. The third-order valence-electron chi connectivity index (χ3n) is 6.03. The average molecular weight is 580 g/mol. The number of rotatable bonds is 12. The number of aliphatic hydroxyl groups is 1. The lowest BCUT2D eigenvalue weighted by atomic mass is 9.94.